The molecule has 2 aromatic rings. The van der Waals surface area contributed by atoms with Crippen LogP contribution in [0.3, 0.4) is 0 Å². The summed E-state index contributed by atoms with van der Waals surface area (Å²) in [7, 11) is 3.18. The maximum atomic E-state index is 12.4. The first-order valence-electron chi connectivity index (χ1n) is 9.37. The van der Waals surface area contributed by atoms with Gasteiger partial charge < -0.3 is 19.7 Å². The Labute approximate surface area is 164 Å². The fourth-order valence-electron chi connectivity index (χ4n) is 3.23. The van der Waals surface area contributed by atoms with Crippen LogP contribution in [-0.4, -0.2) is 55.6 Å². The molecule has 1 fully saturated rings. The summed E-state index contributed by atoms with van der Waals surface area (Å²) in [6.07, 6.45) is 4.19. The highest BCUT2D eigenvalue weighted by Crippen LogP contribution is 2.27. The van der Waals surface area contributed by atoms with Gasteiger partial charge in [-0.1, -0.05) is 6.07 Å². The molecule has 1 aliphatic rings. The lowest BCUT2D eigenvalue weighted by atomic mass is 10.1. The van der Waals surface area contributed by atoms with Gasteiger partial charge in [-0.3, -0.25) is 14.6 Å². The van der Waals surface area contributed by atoms with E-state index in [9.17, 15) is 9.59 Å². The second-order valence-electron chi connectivity index (χ2n) is 6.62. The summed E-state index contributed by atoms with van der Waals surface area (Å²) in [5.41, 5.74) is 1.77. The summed E-state index contributed by atoms with van der Waals surface area (Å²) >= 11 is 0. The van der Waals surface area contributed by atoms with Crippen molar-refractivity contribution in [3.63, 3.8) is 0 Å². The molecule has 0 atom stereocenters. The Balaban J connectivity index is 1.58. The number of methoxy groups -OCH3 is 2. The molecule has 148 valence electrons. The summed E-state index contributed by atoms with van der Waals surface area (Å²) in [6.45, 7) is 1.97. The molecule has 1 N–H and O–H groups in total. The minimum absolute atomic E-state index is 0.113. The van der Waals surface area contributed by atoms with Crippen LogP contribution in [-0.2, 0) is 6.42 Å². The maximum Gasteiger partial charge on any atom is 0.272 e. The van der Waals surface area contributed by atoms with Gasteiger partial charge in [-0.25, -0.2) is 0 Å². The van der Waals surface area contributed by atoms with Crippen molar-refractivity contribution in [2.45, 2.75) is 19.3 Å². The molecule has 0 unspecified atom stereocenters. The van der Waals surface area contributed by atoms with Crippen LogP contribution in [0.5, 0.6) is 11.5 Å². The van der Waals surface area contributed by atoms with Crippen LogP contribution >= 0.6 is 0 Å². The number of hydrogen-bond acceptors (Lipinski definition) is 5. The molecular weight excluding hydrogens is 358 g/mol. The Morgan fingerprint density at radius 3 is 2.54 bits per heavy atom. The predicted molar refractivity (Wildman–Crippen MR) is 105 cm³/mol. The Bertz CT molecular complexity index is 847. The van der Waals surface area contributed by atoms with Crippen molar-refractivity contribution in [3.05, 3.63) is 53.3 Å². The van der Waals surface area contributed by atoms with Gasteiger partial charge in [0.1, 0.15) is 5.69 Å². The summed E-state index contributed by atoms with van der Waals surface area (Å²) < 4.78 is 10.5. The molecule has 3 rings (SSSR count). The number of amides is 2. The van der Waals surface area contributed by atoms with E-state index in [0.29, 0.717) is 35.7 Å². The summed E-state index contributed by atoms with van der Waals surface area (Å²) in [6, 6.07) is 8.85. The number of pyridine rings is 1. The lowest BCUT2D eigenvalue weighted by molar-refractivity contribution is 0.0787. The normalized spacial score (nSPS) is 13.3. The number of carbonyl (C=O) groups excluding carboxylic acids is 2. The van der Waals surface area contributed by atoms with E-state index in [1.54, 1.807) is 31.3 Å². The van der Waals surface area contributed by atoms with E-state index in [2.05, 4.69) is 10.3 Å². The Morgan fingerprint density at radius 1 is 1.07 bits per heavy atom. The van der Waals surface area contributed by atoms with Gasteiger partial charge in [0.15, 0.2) is 11.5 Å². The monoisotopic (exact) mass is 383 g/mol. The minimum atomic E-state index is -0.224. The predicted octanol–water partition coefficient (Wildman–Crippen LogP) is 2.31. The van der Waals surface area contributed by atoms with Crippen molar-refractivity contribution in [3.8, 4) is 11.5 Å². The van der Waals surface area contributed by atoms with Crippen molar-refractivity contribution in [1.29, 1.82) is 0 Å². The number of likely N-dealkylation sites (tertiary alicyclic amines) is 1. The van der Waals surface area contributed by atoms with Gasteiger partial charge in [0.2, 0.25) is 0 Å². The van der Waals surface area contributed by atoms with E-state index in [1.807, 2.05) is 18.2 Å². The van der Waals surface area contributed by atoms with Crippen LogP contribution in [0.2, 0.25) is 0 Å². The highest BCUT2D eigenvalue weighted by molar-refractivity contribution is 5.98. The molecule has 0 radical (unpaired) electrons. The van der Waals surface area contributed by atoms with Crippen LogP contribution in [0.4, 0.5) is 0 Å². The molecule has 7 nitrogen and oxygen atoms in total. The van der Waals surface area contributed by atoms with E-state index >= 15 is 0 Å². The average Bonchev–Trinajstić information content (AvgIpc) is 3.28. The van der Waals surface area contributed by atoms with E-state index in [-0.39, 0.29) is 11.8 Å². The van der Waals surface area contributed by atoms with Gasteiger partial charge in [0, 0.05) is 31.4 Å². The number of nitrogens with one attached hydrogen (secondary N) is 1. The number of benzene rings is 1. The zero-order chi connectivity index (χ0) is 19.9. The molecule has 1 saturated heterocycles. The van der Waals surface area contributed by atoms with Crippen LogP contribution in [0.25, 0.3) is 0 Å². The van der Waals surface area contributed by atoms with Crippen LogP contribution in [0.1, 0.15) is 39.3 Å². The van der Waals surface area contributed by atoms with E-state index < -0.39 is 0 Å². The number of ether oxygens (including phenoxy) is 2. The minimum Gasteiger partial charge on any atom is -0.493 e. The number of aromatic nitrogens is 1. The Hall–Kier alpha value is -3.09. The fraction of sp³-hybridized carbons (Fsp3) is 0.381. The highest BCUT2D eigenvalue weighted by Gasteiger charge is 2.21. The molecule has 2 heterocycles. The third-order valence-corrected chi connectivity index (χ3v) is 4.78. The number of rotatable bonds is 7. The summed E-state index contributed by atoms with van der Waals surface area (Å²) in [5, 5.41) is 2.89. The average molecular weight is 383 g/mol. The van der Waals surface area contributed by atoms with Crippen LogP contribution < -0.4 is 14.8 Å². The molecule has 1 aromatic heterocycles. The first-order valence-corrected chi connectivity index (χ1v) is 9.37. The SMILES string of the molecule is COc1ccc(CCNC(=O)c2ccnc(C(=O)N3CCCC3)c2)cc1OC. The van der Waals surface area contributed by atoms with Gasteiger partial charge in [-0.05, 0) is 49.1 Å². The standard InChI is InChI=1S/C21H25N3O4/c1-27-18-6-5-15(13-19(18)28-2)7-9-23-20(25)16-8-10-22-17(14-16)21(26)24-11-3-4-12-24/h5-6,8,10,13-14H,3-4,7,9,11-12H2,1-2H3,(H,23,25). The van der Waals surface area contributed by atoms with E-state index in [4.69, 9.17) is 9.47 Å². The number of carbonyl (C=O) groups is 2. The topological polar surface area (TPSA) is 80.8 Å². The highest BCUT2D eigenvalue weighted by atomic mass is 16.5. The molecule has 2 amide bonds. The molecule has 0 spiro atoms. The van der Waals surface area contributed by atoms with E-state index in [0.717, 1.165) is 31.5 Å². The van der Waals surface area contributed by atoms with Gasteiger partial charge >= 0.3 is 0 Å². The number of hydrogen-bond donors (Lipinski definition) is 1. The van der Waals surface area contributed by atoms with Crippen LogP contribution in [0.15, 0.2) is 36.5 Å². The Kier molecular flexibility index (Phi) is 6.47. The van der Waals surface area contributed by atoms with Crippen molar-refractivity contribution in [2.75, 3.05) is 33.9 Å². The van der Waals surface area contributed by atoms with Crippen molar-refractivity contribution in [2.24, 2.45) is 0 Å². The molecule has 0 bridgehead atoms. The fourth-order valence-corrected chi connectivity index (χ4v) is 3.23. The third-order valence-electron chi connectivity index (χ3n) is 4.78. The zero-order valence-corrected chi connectivity index (χ0v) is 16.2. The molecular formula is C21H25N3O4. The zero-order valence-electron chi connectivity index (χ0n) is 16.2. The first-order chi connectivity index (χ1) is 13.6. The molecule has 0 aliphatic carbocycles. The van der Waals surface area contributed by atoms with E-state index in [1.165, 1.54) is 6.20 Å². The second kappa shape index (κ2) is 9.21. The quantitative estimate of drug-likeness (QED) is 0.794. The Morgan fingerprint density at radius 2 is 1.82 bits per heavy atom. The molecule has 0 saturated carbocycles. The van der Waals surface area contributed by atoms with Crippen molar-refractivity contribution >= 4 is 11.8 Å². The maximum absolute atomic E-state index is 12.4. The molecule has 7 heteroatoms. The summed E-state index contributed by atoms with van der Waals surface area (Å²) in [5.74, 6) is 0.989. The summed E-state index contributed by atoms with van der Waals surface area (Å²) in [4.78, 5) is 30.8. The van der Waals surface area contributed by atoms with Crippen molar-refractivity contribution in [1.82, 2.24) is 15.2 Å². The third kappa shape index (κ3) is 4.60. The van der Waals surface area contributed by atoms with Crippen LogP contribution in [0, 0.1) is 0 Å². The smallest absolute Gasteiger partial charge is 0.272 e. The van der Waals surface area contributed by atoms with Gasteiger partial charge in [-0.15, -0.1) is 0 Å². The lowest BCUT2D eigenvalue weighted by Gasteiger charge is -2.14. The van der Waals surface area contributed by atoms with Gasteiger partial charge in [0.05, 0.1) is 14.2 Å². The number of nitrogens with zero attached hydrogens (tertiary/aromatic N) is 2. The molecule has 28 heavy (non-hydrogen) atoms. The lowest BCUT2D eigenvalue weighted by Crippen LogP contribution is -2.29. The molecule has 1 aliphatic heterocycles. The first kappa shape index (κ1) is 19.7. The second-order valence-corrected chi connectivity index (χ2v) is 6.62. The van der Waals surface area contributed by atoms with Gasteiger partial charge in [0.25, 0.3) is 11.8 Å². The largest absolute Gasteiger partial charge is 0.493 e. The van der Waals surface area contributed by atoms with Gasteiger partial charge in [-0.2, -0.15) is 0 Å². The van der Waals surface area contributed by atoms with Crippen molar-refractivity contribution < 1.29 is 19.1 Å². The molecule has 1 aromatic carbocycles.